The van der Waals surface area contributed by atoms with Gasteiger partial charge in [0.1, 0.15) is 5.82 Å². The maximum Gasteiger partial charge on any atom is 0.107 e. The van der Waals surface area contributed by atoms with E-state index in [-0.39, 0.29) is 0 Å². The molecule has 0 aliphatic carbocycles. The van der Waals surface area contributed by atoms with E-state index >= 15 is 0 Å². The number of hydrogen-bond donors (Lipinski definition) is 1. The molecule has 19 heavy (non-hydrogen) atoms. The van der Waals surface area contributed by atoms with Crippen LogP contribution >= 0.6 is 0 Å². The van der Waals surface area contributed by atoms with Crippen molar-refractivity contribution in [2.24, 2.45) is 0 Å². The number of nitrogens with zero attached hydrogens (tertiary/aromatic N) is 3. The molecule has 0 saturated carbocycles. The number of aromatic amines is 1. The van der Waals surface area contributed by atoms with Crippen LogP contribution in [0.4, 0.5) is 0 Å². The van der Waals surface area contributed by atoms with E-state index in [0.29, 0.717) is 5.56 Å². The van der Waals surface area contributed by atoms with E-state index in [4.69, 9.17) is 5.26 Å². The molecule has 0 radical (unpaired) electrons. The van der Waals surface area contributed by atoms with Crippen molar-refractivity contribution < 1.29 is 0 Å². The van der Waals surface area contributed by atoms with Gasteiger partial charge in [-0.1, -0.05) is 6.07 Å². The van der Waals surface area contributed by atoms with Crippen LogP contribution in [0.1, 0.15) is 17.0 Å². The highest BCUT2D eigenvalue weighted by molar-refractivity contribution is 5.76. The fraction of sp³-hybridized carbons (Fsp3) is 0.133. The molecule has 0 fully saturated rings. The third kappa shape index (κ3) is 2.45. The summed E-state index contributed by atoms with van der Waals surface area (Å²) in [6.45, 7) is 0. The summed E-state index contributed by atoms with van der Waals surface area (Å²) in [7, 11) is 0. The summed E-state index contributed by atoms with van der Waals surface area (Å²) in [6, 6.07) is 11.6. The minimum Gasteiger partial charge on any atom is -0.342 e. The number of pyridine rings is 1. The van der Waals surface area contributed by atoms with Crippen LogP contribution in [0.15, 0.2) is 42.7 Å². The maximum absolute atomic E-state index is 8.86. The van der Waals surface area contributed by atoms with Gasteiger partial charge in [-0.3, -0.25) is 4.98 Å². The van der Waals surface area contributed by atoms with E-state index in [9.17, 15) is 0 Å². The topological polar surface area (TPSA) is 65.4 Å². The molecule has 2 heterocycles. The number of hydrogen-bond acceptors (Lipinski definition) is 3. The zero-order valence-corrected chi connectivity index (χ0v) is 10.3. The number of fused-ring (bicyclic) bond motifs is 1. The van der Waals surface area contributed by atoms with E-state index in [0.717, 1.165) is 29.7 Å². The Balaban J connectivity index is 1.80. The first-order valence-corrected chi connectivity index (χ1v) is 6.13. The molecule has 92 valence electrons. The number of benzene rings is 1. The van der Waals surface area contributed by atoms with Crippen LogP contribution in [0.3, 0.4) is 0 Å². The fourth-order valence-corrected chi connectivity index (χ4v) is 2.06. The highest BCUT2D eigenvalue weighted by atomic mass is 14.9. The normalized spacial score (nSPS) is 10.5. The first kappa shape index (κ1) is 11.4. The van der Waals surface area contributed by atoms with Crippen LogP contribution in [-0.2, 0) is 12.8 Å². The molecule has 0 spiro atoms. The molecule has 0 aliphatic heterocycles. The molecule has 0 aliphatic rings. The molecule has 2 aromatic heterocycles. The summed E-state index contributed by atoms with van der Waals surface area (Å²) in [5.74, 6) is 0.939. The average Bonchev–Trinajstić information content (AvgIpc) is 2.88. The highest BCUT2D eigenvalue weighted by Gasteiger charge is 2.04. The van der Waals surface area contributed by atoms with Crippen LogP contribution in [-0.4, -0.2) is 15.0 Å². The largest absolute Gasteiger partial charge is 0.342 e. The van der Waals surface area contributed by atoms with Gasteiger partial charge in [0.15, 0.2) is 0 Å². The summed E-state index contributed by atoms with van der Waals surface area (Å²) in [4.78, 5) is 11.9. The number of aromatic nitrogens is 3. The van der Waals surface area contributed by atoms with E-state index in [2.05, 4.69) is 27.1 Å². The summed E-state index contributed by atoms with van der Waals surface area (Å²) < 4.78 is 0. The average molecular weight is 248 g/mol. The minimum atomic E-state index is 0.648. The third-order valence-electron chi connectivity index (χ3n) is 3.03. The smallest absolute Gasteiger partial charge is 0.107 e. The zero-order valence-electron chi connectivity index (χ0n) is 10.3. The number of nitrogens with one attached hydrogen (secondary N) is 1. The summed E-state index contributed by atoms with van der Waals surface area (Å²) in [5.41, 5.74) is 3.66. The van der Waals surface area contributed by atoms with Gasteiger partial charge in [-0.05, 0) is 36.2 Å². The number of rotatable bonds is 3. The number of aryl methyl sites for hydroxylation is 2. The quantitative estimate of drug-likeness (QED) is 0.774. The van der Waals surface area contributed by atoms with Crippen molar-refractivity contribution in [3.05, 3.63) is 59.7 Å². The van der Waals surface area contributed by atoms with Crippen LogP contribution < -0.4 is 0 Å². The van der Waals surface area contributed by atoms with Gasteiger partial charge < -0.3 is 4.98 Å². The Kier molecular flexibility index (Phi) is 2.95. The lowest BCUT2D eigenvalue weighted by Gasteiger charge is -1.97. The van der Waals surface area contributed by atoms with Crippen molar-refractivity contribution in [1.29, 1.82) is 5.26 Å². The van der Waals surface area contributed by atoms with Gasteiger partial charge in [-0.2, -0.15) is 5.26 Å². The van der Waals surface area contributed by atoms with E-state index in [1.807, 2.05) is 24.4 Å². The summed E-state index contributed by atoms with van der Waals surface area (Å²) >= 11 is 0. The zero-order chi connectivity index (χ0) is 13.1. The van der Waals surface area contributed by atoms with Gasteiger partial charge in [0, 0.05) is 18.8 Å². The van der Waals surface area contributed by atoms with Gasteiger partial charge in [-0.15, -0.1) is 0 Å². The van der Waals surface area contributed by atoms with Crippen molar-refractivity contribution in [3.63, 3.8) is 0 Å². The Morgan fingerprint density at radius 1 is 1.21 bits per heavy atom. The lowest BCUT2D eigenvalue weighted by molar-refractivity contribution is 0.884. The first-order chi connectivity index (χ1) is 9.35. The molecular weight excluding hydrogens is 236 g/mol. The Morgan fingerprint density at radius 3 is 2.95 bits per heavy atom. The second kappa shape index (κ2) is 4.91. The van der Waals surface area contributed by atoms with Gasteiger partial charge in [-0.25, -0.2) is 4.98 Å². The monoisotopic (exact) mass is 248 g/mol. The highest BCUT2D eigenvalue weighted by Crippen LogP contribution is 2.14. The standard InChI is InChI=1S/C15H12N4/c16-9-12-3-5-13-14(8-12)19-15(18-13)6-4-11-2-1-7-17-10-11/h1-3,5,7-8,10H,4,6H2,(H,18,19). The van der Waals surface area contributed by atoms with E-state index < -0.39 is 0 Å². The van der Waals surface area contributed by atoms with Crippen molar-refractivity contribution in [3.8, 4) is 6.07 Å². The SMILES string of the molecule is N#Cc1ccc2nc(CCc3cccnc3)[nH]c2c1. The molecule has 3 rings (SSSR count). The number of H-pyrrole nitrogens is 1. The maximum atomic E-state index is 8.86. The molecule has 1 aromatic carbocycles. The number of imidazole rings is 1. The van der Waals surface area contributed by atoms with Gasteiger partial charge >= 0.3 is 0 Å². The Hall–Kier alpha value is -2.67. The third-order valence-corrected chi connectivity index (χ3v) is 3.03. The lowest BCUT2D eigenvalue weighted by atomic mass is 10.1. The van der Waals surface area contributed by atoms with Crippen molar-refractivity contribution in [2.75, 3.05) is 0 Å². The molecular formula is C15H12N4. The van der Waals surface area contributed by atoms with Crippen molar-refractivity contribution in [1.82, 2.24) is 15.0 Å². The predicted octanol–water partition coefficient (Wildman–Crippen LogP) is 2.61. The van der Waals surface area contributed by atoms with Gasteiger partial charge in [0.25, 0.3) is 0 Å². The van der Waals surface area contributed by atoms with Crippen LogP contribution in [0, 0.1) is 11.3 Å². The van der Waals surface area contributed by atoms with Crippen molar-refractivity contribution >= 4 is 11.0 Å². The van der Waals surface area contributed by atoms with Crippen molar-refractivity contribution in [2.45, 2.75) is 12.8 Å². The molecule has 0 bridgehead atoms. The molecule has 3 aromatic rings. The first-order valence-electron chi connectivity index (χ1n) is 6.13. The van der Waals surface area contributed by atoms with Crippen LogP contribution in [0.2, 0.25) is 0 Å². The number of nitriles is 1. The molecule has 0 saturated heterocycles. The second-order valence-corrected chi connectivity index (χ2v) is 4.39. The lowest BCUT2D eigenvalue weighted by Crippen LogP contribution is -1.93. The second-order valence-electron chi connectivity index (χ2n) is 4.39. The van der Waals surface area contributed by atoms with Crippen LogP contribution in [0.5, 0.6) is 0 Å². The van der Waals surface area contributed by atoms with Crippen LogP contribution in [0.25, 0.3) is 11.0 Å². The van der Waals surface area contributed by atoms with E-state index in [1.54, 1.807) is 12.3 Å². The molecule has 0 amide bonds. The molecule has 0 atom stereocenters. The fourth-order valence-electron chi connectivity index (χ4n) is 2.06. The minimum absolute atomic E-state index is 0.648. The van der Waals surface area contributed by atoms with Gasteiger partial charge in [0.05, 0.1) is 22.7 Å². The Morgan fingerprint density at radius 2 is 2.16 bits per heavy atom. The summed E-state index contributed by atoms with van der Waals surface area (Å²) in [6.07, 6.45) is 5.38. The molecule has 4 heteroatoms. The molecule has 1 N–H and O–H groups in total. The predicted molar refractivity (Wildman–Crippen MR) is 72.5 cm³/mol. The Bertz CT molecular complexity index is 738. The Labute approximate surface area is 110 Å². The van der Waals surface area contributed by atoms with E-state index in [1.165, 1.54) is 5.56 Å². The van der Waals surface area contributed by atoms with Gasteiger partial charge in [0.2, 0.25) is 0 Å². The summed E-state index contributed by atoms with van der Waals surface area (Å²) in [5, 5.41) is 8.86. The molecule has 4 nitrogen and oxygen atoms in total. The molecule has 0 unspecified atom stereocenters.